The number of carbonyl (C=O) groups excluding carboxylic acids is 1. The number of hydrogen-bond donors (Lipinski definition) is 0. The smallest absolute Gasteiger partial charge is 0.490 e. The van der Waals surface area contributed by atoms with E-state index < -0.39 is 36.0 Å². The minimum absolute atomic E-state index is 0.0409. The molecule has 1 heterocycles. The van der Waals surface area contributed by atoms with Crippen LogP contribution in [0, 0.1) is 5.82 Å². The Morgan fingerprint density at radius 3 is 2.45 bits per heavy atom. The van der Waals surface area contributed by atoms with Gasteiger partial charge in [-0.1, -0.05) is 24.3 Å². The summed E-state index contributed by atoms with van der Waals surface area (Å²) in [6.45, 7) is 1.81. The van der Waals surface area contributed by atoms with Gasteiger partial charge in [0.1, 0.15) is 5.75 Å². The molecule has 1 saturated heterocycles. The monoisotopic (exact) mass is 415 g/mol. The summed E-state index contributed by atoms with van der Waals surface area (Å²) in [5.74, 6) is -1.83. The number of para-hydroxylation sites is 1. The van der Waals surface area contributed by atoms with Crippen LogP contribution >= 0.6 is 0 Å². The second-order valence-electron chi connectivity index (χ2n) is 6.47. The second-order valence-corrected chi connectivity index (χ2v) is 6.47. The molecular weight excluding hydrogens is 397 g/mol. The molecule has 0 unspecified atom stereocenters. The molecule has 2 aromatic rings. The van der Waals surface area contributed by atoms with Crippen molar-refractivity contribution < 1.29 is 36.2 Å². The molecule has 1 aliphatic heterocycles. The fourth-order valence-electron chi connectivity index (χ4n) is 3.32. The SMILES string of the molecule is CCOc1c(F)cccc1[C@H]1C[C@H](F)C(=O)N1Cc1ccc(OC(F)(F)F)cc1. The maximum Gasteiger partial charge on any atom is 0.573 e. The molecule has 0 aliphatic carbocycles. The minimum Gasteiger partial charge on any atom is -0.490 e. The number of nitrogens with zero attached hydrogens (tertiary/aromatic N) is 1. The summed E-state index contributed by atoms with van der Waals surface area (Å²) in [5.41, 5.74) is 0.818. The zero-order valence-electron chi connectivity index (χ0n) is 15.4. The van der Waals surface area contributed by atoms with E-state index in [4.69, 9.17) is 4.74 Å². The molecular formula is C20H18F5NO3. The van der Waals surface area contributed by atoms with Crippen molar-refractivity contribution in [3.63, 3.8) is 0 Å². The van der Waals surface area contributed by atoms with Crippen LogP contribution in [-0.2, 0) is 11.3 Å². The third-order valence-corrected chi connectivity index (χ3v) is 4.51. The highest BCUT2D eigenvalue weighted by Gasteiger charge is 2.42. The molecule has 0 radical (unpaired) electrons. The van der Waals surface area contributed by atoms with Gasteiger partial charge in [-0.15, -0.1) is 13.2 Å². The highest BCUT2D eigenvalue weighted by Crippen LogP contribution is 2.41. The quantitative estimate of drug-likeness (QED) is 0.628. The molecule has 156 valence electrons. The van der Waals surface area contributed by atoms with E-state index in [0.29, 0.717) is 11.1 Å². The number of ether oxygens (including phenoxy) is 2. The van der Waals surface area contributed by atoms with Crippen molar-refractivity contribution in [3.05, 3.63) is 59.4 Å². The number of rotatable bonds is 6. The Morgan fingerprint density at radius 1 is 1.14 bits per heavy atom. The Morgan fingerprint density at radius 2 is 1.83 bits per heavy atom. The predicted molar refractivity (Wildman–Crippen MR) is 93.5 cm³/mol. The van der Waals surface area contributed by atoms with Crippen molar-refractivity contribution in [2.24, 2.45) is 0 Å². The largest absolute Gasteiger partial charge is 0.573 e. The van der Waals surface area contributed by atoms with Gasteiger partial charge in [0.15, 0.2) is 17.7 Å². The van der Waals surface area contributed by atoms with Gasteiger partial charge in [0, 0.05) is 18.5 Å². The molecule has 2 atom stereocenters. The lowest BCUT2D eigenvalue weighted by molar-refractivity contribution is -0.274. The van der Waals surface area contributed by atoms with Crippen molar-refractivity contribution in [2.45, 2.75) is 38.5 Å². The molecule has 0 spiro atoms. The predicted octanol–water partition coefficient (Wildman–Crippen LogP) is 4.93. The average Bonchev–Trinajstić information content (AvgIpc) is 2.92. The molecule has 1 aliphatic rings. The van der Waals surface area contributed by atoms with E-state index in [0.717, 1.165) is 12.1 Å². The summed E-state index contributed by atoms with van der Waals surface area (Å²) in [6, 6.07) is 8.39. The fraction of sp³-hybridized carbons (Fsp3) is 0.350. The molecule has 0 saturated carbocycles. The van der Waals surface area contributed by atoms with Gasteiger partial charge in [0.2, 0.25) is 0 Å². The Labute approximate surface area is 163 Å². The Kier molecular flexibility index (Phi) is 5.95. The Hall–Kier alpha value is -2.84. The molecule has 1 fully saturated rings. The number of likely N-dealkylation sites (tertiary alicyclic amines) is 1. The van der Waals surface area contributed by atoms with Crippen LogP contribution in [0.3, 0.4) is 0 Å². The van der Waals surface area contributed by atoms with Gasteiger partial charge in [0.25, 0.3) is 5.91 Å². The van der Waals surface area contributed by atoms with Crippen LogP contribution in [0.4, 0.5) is 22.0 Å². The average molecular weight is 415 g/mol. The van der Waals surface area contributed by atoms with E-state index in [1.165, 1.54) is 29.2 Å². The maximum atomic E-state index is 14.2. The van der Waals surface area contributed by atoms with Crippen LogP contribution in [-0.4, -0.2) is 29.9 Å². The first-order valence-electron chi connectivity index (χ1n) is 8.90. The van der Waals surface area contributed by atoms with Gasteiger partial charge in [-0.3, -0.25) is 4.79 Å². The summed E-state index contributed by atoms with van der Waals surface area (Å²) < 4.78 is 74.4. The number of amides is 1. The van der Waals surface area contributed by atoms with Crippen LogP contribution in [0.5, 0.6) is 11.5 Å². The molecule has 4 nitrogen and oxygen atoms in total. The molecule has 0 N–H and O–H groups in total. The lowest BCUT2D eigenvalue weighted by atomic mass is 10.0. The summed E-state index contributed by atoms with van der Waals surface area (Å²) in [4.78, 5) is 13.6. The lowest BCUT2D eigenvalue weighted by Crippen LogP contribution is -2.29. The van der Waals surface area contributed by atoms with Crippen LogP contribution in [0.2, 0.25) is 0 Å². The van der Waals surface area contributed by atoms with E-state index >= 15 is 0 Å². The summed E-state index contributed by atoms with van der Waals surface area (Å²) in [7, 11) is 0. The first kappa shape index (κ1) is 20.9. The maximum absolute atomic E-state index is 14.2. The van der Waals surface area contributed by atoms with Crippen molar-refractivity contribution >= 4 is 5.91 Å². The zero-order chi connectivity index (χ0) is 21.2. The molecule has 3 rings (SSSR count). The zero-order valence-corrected chi connectivity index (χ0v) is 15.4. The molecule has 1 amide bonds. The van der Waals surface area contributed by atoms with Crippen LogP contribution in [0.25, 0.3) is 0 Å². The Bertz CT molecular complexity index is 869. The van der Waals surface area contributed by atoms with E-state index in [1.54, 1.807) is 13.0 Å². The number of halogens is 5. The standard InChI is InChI=1S/C20H18F5NO3/c1-2-28-18-14(4-3-5-15(18)21)17-10-16(22)19(27)26(17)11-12-6-8-13(9-7-12)29-20(23,24)25/h3-9,16-17H,2,10-11H2,1H3/t16-,17+/m0/s1. The normalized spacial score (nSPS) is 19.5. The van der Waals surface area contributed by atoms with E-state index in [-0.39, 0.29) is 25.3 Å². The summed E-state index contributed by atoms with van der Waals surface area (Å²) in [5, 5.41) is 0. The molecule has 0 bridgehead atoms. The summed E-state index contributed by atoms with van der Waals surface area (Å²) in [6.07, 6.45) is -6.74. The number of hydrogen-bond acceptors (Lipinski definition) is 3. The van der Waals surface area contributed by atoms with E-state index in [9.17, 15) is 26.7 Å². The van der Waals surface area contributed by atoms with Crippen molar-refractivity contribution in [1.82, 2.24) is 4.90 Å². The van der Waals surface area contributed by atoms with E-state index in [1.807, 2.05) is 0 Å². The highest BCUT2D eigenvalue weighted by atomic mass is 19.4. The van der Waals surface area contributed by atoms with Gasteiger partial charge < -0.3 is 14.4 Å². The lowest BCUT2D eigenvalue weighted by Gasteiger charge is -2.26. The number of benzene rings is 2. The first-order valence-corrected chi connectivity index (χ1v) is 8.90. The topological polar surface area (TPSA) is 38.8 Å². The van der Waals surface area contributed by atoms with Crippen LogP contribution in [0.15, 0.2) is 42.5 Å². The van der Waals surface area contributed by atoms with Crippen molar-refractivity contribution in [3.8, 4) is 11.5 Å². The Balaban J connectivity index is 1.86. The van der Waals surface area contributed by atoms with Crippen molar-refractivity contribution in [2.75, 3.05) is 6.61 Å². The van der Waals surface area contributed by atoms with Gasteiger partial charge >= 0.3 is 6.36 Å². The van der Waals surface area contributed by atoms with Gasteiger partial charge in [0.05, 0.1) is 12.6 Å². The first-order chi connectivity index (χ1) is 13.7. The van der Waals surface area contributed by atoms with Gasteiger partial charge in [-0.25, -0.2) is 8.78 Å². The van der Waals surface area contributed by atoms with Crippen LogP contribution in [0.1, 0.15) is 30.5 Å². The van der Waals surface area contributed by atoms with Crippen molar-refractivity contribution in [1.29, 1.82) is 0 Å². The van der Waals surface area contributed by atoms with Crippen LogP contribution < -0.4 is 9.47 Å². The van der Waals surface area contributed by atoms with Gasteiger partial charge in [-0.05, 0) is 30.7 Å². The number of carbonyl (C=O) groups is 1. The third kappa shape index (κ3) is 4.78. The molecule has 29 heavy (non-hydrogen) atoms. The second kappa shape index (κ2) is 8.26. The number of alkyl halides is 4. The van der Waals surface area contributed by atoms with E-state index in [2.05, 4.69) is 4.74 Å². The minimum atomic E-state index is -4.81. The highest BCUT2D eigenvalue weighted by molar-refractivity contribution is 5.84. The fourth-order valence-corrected chi connectivity index (χ4v) is 3.32. The molecule has 2 aromatic carbocycles. The third-order valence-electron chi connectivity index (χ3n) is 4.51. The molecule has 9 heteroatoms. The molecule has 0 aromatic heterocycles. The summed E-state index contributed by atoms with van der Waals surface area (Å²) >= 11 is 0. The van der Waals surface area contributed by atoms with Gasteiger partial charge in [-0.2, -0.15) is 0 Å².